The third-order valence-electron chi connectivity index (χ3n) is 1.04. The smallest absolute Gasteiger partial charge is 0.358 e. The highest BCUT2D eigenvalue weighted by atomic mass is 79.9. The number of carbonyl (C=O) groups is 1. The van der Waals surface area contributed by atoms with Crippen LogP contribution in [0.3, 0.4) is 0 Å². The molecule has 0 amide bonds. The Hall–Kier alpha value is -0.880. The van der Waals surface area contributed by atoms with Gasteiger partial charge in [-0.15, -0.1) is 0 Å². The number of hydrogen-bond acceptors (Lipinski definition) is 4. The third-order valence-corrected chi connectivity index (χ3v) is 2.09. The Labute approximate surface area is 80.7 Å². The molecule has 0 radical (unpaired) electrons. The van der Waals surface area contributed by atoms with E-state index in [2.05, 4.69) is 25.9 Å². The van der Waals surface area contributed by atoms with Crippen molar-refractivity contribution in [2.24, 2.45) is 0 Å². The second kappa shape index (κ2) is 3.24. The molecule has 0 unspecified atom stereocenters. The number of hydrogen-bond donors (Lipinski definition) is 2. The summed E-state index contributed by atoms with van der Waals surface area (Å²) in [6, 6.07) is 0. The maximum Gasteiger partial charge on any atom is 0.358 e. The van der Waals surface area contributed by atoms with Crippen molar-refractivity contribution in [2.75, 3.05) is 5.73 Å². The molecule has 12 heavy (non-hydrogen) atoms. The van der Waals surface area contributed by atoms with Crippen LogP contribution in [0.15, 0.2) is 4.60 Å². The van der Waals surface area contributed by atoms with Gasteiger partial charge in [-0.05, 0) is 15.9 Å². The standard InChI is InChI=1S/C5H3BrClN3O2/c6-2-3(7)10-4(8)1(9-2)5(11)12/h(H2,8,10)(H,11,12). The average molecular weight is 252 g/mol. The fraction of sp³-hybridized carbons (Fsp3) is 0. The first kappa shape index (κ1) is 9.21. The SMILES string of the molecule is Nc1nc(Cl)c(Br)nc1C(=O)O. The molecule has 3 N–H and O–H groups in total. The minimum absolute atomic E-state index is 0.0394. The lowest BCUT2D eigenvalue weighted by Gasteiger charge is -2.00. The zero-order chi connectivity index (χ0) is 9.30. The second-order valence-electron chi connectivity index (χ2n) is 1.84. The minimum Gasteiger partial charge on any atom is -0.476 e. The molecule has 0 aliphatic rings. The van der Waals surface area contributed by atoms with E-state index in [4.69, 9.17) is 22.4 Å². The molecule has 1 aromatic heterocycles. The van der Waals surface area contributed by atoms with E-state index in [1.165, 1.54) is 0 Å². The molecule has 1 rings (SSSR count). The summed E-state index contributed by atoms with van der Waals surface area (Å²) in [5.74, 6) is -1.44. The van der Waals surface area contributed by atoms with E-state index >= 15 is 0 Å². The zero-order valence-electron chi connectivity index (χ0n) is 5.58. The van der Waals surface area contributed by atoms with Crippen LogP contribution < -0.4 is 5.73 Å². The van der Waals surface area contributed by atoms with Crippen LogP contribution in [0.1, 0.15) is 10.5 Å². The van der Waals surface area contributed by atoms with E-state index in [0.29, 0.717) is 0 Å². The predicted octanol–water partition coefficient (Wildman–Crippen LogP) is 1.17. The maximum atomic E-state index is 10.4. The van der Waals surface area contributed by atoms with Gasteiger partial charge >= 0.3 is 5.97 Å². The molecular formula is C5H3BrClN3O2. The fourth-order valence-corrected chi connectivity index (χ4v) is 0.963. The number of nitrogens with zero attached hydrogens (tertiary/aromatic N) is 2. The van der Waals surface area contributed by atoms with Crippen molar-refractivity contribution >= 4 is 39.3 Å². The summed E-state index contributed by atoms with van der Waals surface area (Å²) in [7, 11) is 0. The topological polar surface area (TPSA) is 89.1 Å². The first-order valence-electron chi connectivity index (χ1n) is 2.74. The monoisotopic (exact) mass is 251 g/mol. The number of carboxylic acid groups (broad SMARTS) is 1. The van der Waals surface area contributed by atoms with E-state index in [1.807, 2.05) is 0 Å². The van der Waals surface area contributed by atoms with Crippen molar-refractivity contribution in [3.8, 4) is 0 Å². The third kappa shape index (κ3) is 1.64. The molecule has 0 fully saturated rings. The number of aromatic nitrogens is 2. The summed E-state index contributed by atoms with van der Waals surface area (Å²) >= 11 is 8.42. The van der Waals surface area contributed by atoms with Crippen LogP contribution in [0.4, 0.5) is 5.82 Å². The van der Waals surface area contributed by atoms with E-state index in [-0.39, 0.29) is 21.3 Å². The van der Waals surface area contributed by atoms with Crippen molar-refractivity contribution in [3.63, 3.8) is 0 Å². The Morgan fingerprint density at radius 2 is 2.17 bits per heavy atom. The lowest BCUT2D eigenvalue weighted by atomic mass is 10.4. The molecule has 0 spiro atoms. The number of carboxylic acids is 1. The zero-order valence-corrected chi connectivity index (χ0v) is 7.93. The van der Waals surface area contributed by atoms with Crippen LogP contribution >= 0.6 is 27.5 Å². The highest BCUT2D eigenvalue weighted by Gasteiger charge is 2.13. The van der Waals surface area contributed by atoms with Gasteiger partial charge in [-0.25, -0.2) is 14.8 Å². The fourth-order valence-electron chi connectivity index (χ4n) is 0.564. The van der Waals surface area contributed by atoms with Crippen molar-refractivity contribution in [2.45, 2.75) is 0 Å². The molecule has 0 atom stereocenters. The Bertz CT molecular complexity index is 344. The number of halogens is 2. The molecule has 0 saturated heterocycles. The second-order valence-corrected chi connectivity index (χ2v) is 2.95. The number of anilines is 1. The van der Waals surface area contributed by atoms with Gasteiger partial charge in [-0.2, -0.15) is 0 Å². The molecular weight excluding hydrogens is 249 g/mol. The minimum atomic E-state index is -1.24. The van der Waals surface area contributed by atoms with Gasteiger partial charge in [-0.3, -0.25) is 0 Å². The van der Waals surface area contributed by atoms with Crippen LogP contribution in [0.2, 0.25) is 5.15 Å². The molecule has 0 saturated carbocycles. The Morgan fingerprint density at radius 3 is 2.67 bits per heavy atom. The molecule has 1 aromatic rings. The quantitative estimate of drug-likeness (QED) is 0.783. The van der Waals surface area contributed by atoms with Gasteiger partial charge in [0.2, 0.25) is 0 Å². The van der Waals surface area contributed by atoms with Crippen molar-refractivity contribution in [1.29, 1.82) is 0 Å². The Kier molecular flexibility index (Phi) is 2.49. The van der Waals surface area contributed by atoms with Crippen LogP contribution in [0.5, 0.6) is 0 Å². The highest BCUT2D eigenvalue weighted by Crippen LogP contribution is 2.20. The van der Waals surface area contributed by atoms with Gasteiger partial charge in [-0.1, -0.05) is 11.6 Å². The lowest BCUT2D eigenvalue weighted by molar-refractivity contribution is 0.0691. The summed E-state index contributed by atoms with van der Waals surface area (Å²) < 4.78 is 0.163. The molecule has 1 heterocycles. The molecule has 0 aliphatic heterocycles. The van der Waals surface area contributed by atoms with E-state index in [9.17, 15) is 4.79 Å². The van der Waals surface area contributed by atoms with Crippen LogP contribution in [0.25, 0.3) is 0 Å². The normalized spacial score (nSPS) is 9.83. The summed E-state index contributed by atoms with van der Waals surface area (Å²) in [4.78, 5) is 17.6. The van der Waals surface area contributed by atoms with Gasteiger partial charge in [0.25, 0.3) is 0 Å². The molecule has 64 valence electrons. The summed E-state index contributed by atoms with van der Waals surface area (Å²) in [5, 5.41) is 8.57. The van der Waals surface area contributed by atoms with Crippen molar-refractivity contribution in [3.05, 3.63) is 15.5 Å². The van der Waals surface area contributed by atoms with Gasteiger partial charge < -0.3 is 10.8 Å². The number of nitrogens with two attached hydrogens (primary N) is 1. The van der Waals surface area contributed by atoms with Gasteiger partial charge in [0.05, 0.1) is 0 Å². The number of nitrogen functional groups attached to an aromatic ring is 1. The molecule has 0 bridgehead atoms. The molecule has 0 aliphatic carbocycles. The predicted molar refractivity (Wildman–Crippen MR) is 46.1 cm³/mol. The first-order chi connectivity index (χ1) is 5.52. The van der Waals surface area contributed by atoms with Crippen LogP contribution in [-0.4, -0.2) is 21.0 Å². The Balaban J connectivity index is 3.33. The summed E-state index contributed by atoms with van der Waals surface area (Å²) in [5.41, 5.74) is 4.92. The van der Waals surface area contributed by atoms with Crippen LogP contribution in [-0.2, 0) is 0 Å². The van der Waals surface area contributed by atoms with Gasteiger partial charge in [0.15, 0.2) is 16.7 Å². The molecule has 0 aromatic carbocycles. The van der Waals surface area contributed by atoms with Crippen molar-refractivity contribution < 1.29 is 9.90 Å². The van der Waals surface area contributed by atoms with Crippen molar-refractivity contribution in [1.82, 2.24) is 9.97 Å². The molecule has 5 nitrogen and oxygen atoms in total. The average Bonchev–Trinajstić information content (AvgIpc) is 1.96. The van der Waals surface area contributed by atoms with Gasteiger partial charge in [0, 0.05) is 0 Å². The number of rotatable bonds is 1. The first-order valence-corrected chi connectivity index (χ1v) is 3.91. The molecule has 7 heteroatoms. The maximum absolute atomic E-state index is 10.4. The van der Waals surface area contributed by atoms with Crippen LogP contribution in [0, 0.1) is 0 Å². The van der Waals surface area contributed by atoms with Gasteiger partial charge in [0.1, 0.15) is 4.60 Å². The van der Waals surface area contributed by atoms with E-state index in [1.54, 1.807) is 0 Å². The van der Waals surface area contributed by atoms with E-state index < -0.39 is 5.97 Å². The van der Waals surface area contributed by atoms with E-state index in [0.717, 1.165) is 0 Å². The summed E-state index contributed by atoms with van der Waals surface area (Å²) in [6.45, 7) is 0. The Morgan fingerprint density at radius 1 is 1.58 bits per heavy atom. The number of aromatic carboxylic acids is 1. The largest absolute Gasteiger partial charge is 0.476 e. The lowest BCUT2D eigenvalue weighted by Crippen LogP contribution is -2.08. The highest BCUT2D eigenvalue weighted by molar-refractivity contribution is 9.10. The summed E-state index contributed by atoms with van der Waals surface area (Å²) in [6.07, 6.45) is 0.